The third-order valence-corrected chi connectivity index (χ3v) is 3.70. The molecule has 0 bridgehead atoms. The maximum absolute atomic E-state index is 5.62. The number of hydrogen-bond donors (Lipinski definition) is 3. The standard InChI is InChI=1S/C13H20N6O2/c1-3-14-12-18-10(9-11(19-12)17-8-16-9)15-6-13(20-2)4-5-21-7-13/h8H,3-7H2,1-2H3,(H3,14,15,16,17,18,19). The number of imidazole rings is 1. The number of rotatable bonds is 6. The summed E-state index contributed by atoms with van der Waals surface area (Å²) in [5, 5.41) is 6.45. The lowest BCUT2D eigenvalue weighted by molar-refractivity contribution is -0.00623. The molecule has 3 rings (SSSR count). The average Bonchev–Trinajstić information content (AvgIpc) is 3.15. The van der Waals surface area contributed by atoms with Gasteiger partial charge in [-0.3, -0.25) is 0 Å². The van der Waals surface area contributed by atoms with Gasteiger partial charge in [0.05, 0.1) is 12.9 Å². The zero-order chi connectivity index (χ0) is 14.7. The Labute approximate surface area is 122 Å². The Morgan fingerprint density at radius 1 is 1.43 bits per heavy atom. The molecule has 0 aromatic carbocycles. The summed E-state index contributed by atoms with van der Waals surface area (Å²) in [6, 6.07) is 0. The average molecular weight is 292 g/mol. The van der Waals surface area contributed by atoms with Crippen LogP contribution in [0.1, 0.15) is 13.3 Å². The molecular formula is C13H20N6O2. The van der Waals surface area contributed by atoms with Gasteiger partial charge < -0.3 is 25.1 Å². The van der Waals surface area contributed by atoms with E-state index in [1.165, 1.54) is 0 Å². The number of aromatic nitrogens is 4. The summed E-state index contributed by atoms with van der Waals surface area (Å²) in [5.74, 6) is 1.28. The second-order valence-electron chi connectivity index (χ2n) is 5.07. The quantitative estimate of drug-likeness (QED) is 0.730. The largest absolute Gasteiger partial charge is 0.378 e. The molecule has 21 heavy (non-hydrogen) atoms. The number of ether oxygens (including phenoxy) is 2. The topological polar surface area (TPSA) is 97.0 Å². The molecule has 0 aliphatic carbocycles. The van der Waals surface area contributed by atoms with Gasteiger partial charge in [0.2, 0.25) is 5.95 Å². The normalized spacial score (nSPS) is 21.8. The van der Waals surface area contributed by atoms with E-state index in [1.54, 1.807) is 13.4 Å². The van der Waals surface area contributed by atoms with Crippen LogP contribution < -0.4 is 10.6 Å². The fraction of sp³-hybridized carbons (Fsp3) is 0.615. The molecule has 2 aromatic heterocycles. The molecule has 114 valence electrons. The van der Waals surface area contributed by atoms with Crippen LogP contribution in [0, 0.1) is 0 Å². The fourth-order valence-corrected chi connectivity index (χ4v) is 2.40. The van der Waals surface area contributed by atoms with E-state index < -0.39 is 0 Å². The predicted octanol–water partition coefficient (Wildman–Crippen LogP) is 1.00. The van der Waals surface area contributed by atoms with E-state index >= 15 is 0 Å². The third-order valence-electron chi connectivity index (χ3n) is 3.70. The summed E-state index contributed by atoms with van der Waals surface area (Å²) >= 11 is 0. The first-order valence-electron chi connectivity index (χ1n) is 7.08. The molecule has 0 saturated carbocycles. The molecule has 8 heteroatoms. The molecule has 1 unspecified atom stereocenters. The minimum absolute atomic E-state index is 0.296. The van der Waals surface area contributed by atoms with Gasteiger partial charge in [-0.05, 0) is 6.92 Å². The Bertz CT molecular complexity index is 608. The first-order chi connectivity index (χ1) is 10.3. The monoisotopic (exact) mass is 292 g/mol. The molecule has 3 N–H and O–H groups in total. The Morgan fingerprint density at radius 3 is 3.05 bits per heavy atom. The summed E-state index contributed by atoms with van der Waals surface area (Å²) in [6.45, 7) is 4.70. The lowest BCUT2D eigenvalue weighted by Crippen LogP contribution is -2.39. The van der Waals surface area contributed by atoms with Crippen LogP contribution in [0.25, 0.3) is 11.2 Å². The molecular weight excluding hydrogens is 272 g/mol. The first kappa shape index (κ1) is 14.0. The Kier molecular flexibility index (Phi) is 3.89. The van der Waals surface area contributed by atoms with Crippen molar-refractivity contribution in [1.29, 1.82) is 0 Å². The van der Waals surface area contributed by atoms with Gasteiger partial charge in [-0.2, -0.15) is 9.97 Å². The third kappa shape index (κ3) is 2.77. The van der Waals surface area contributed by atoms with Crippen molar-refractivity contribution in [2.45, 2.75) is 18.9 Å². The fourth-order valence-electron chi connectivity index (χ4n) is 2.40. The SMILES string of the molecule is CCNc1nc(NCC2(OC)CCOC2)c2[nH]cnc2n1. The van der Waals surface area contributed by atoms with Crippen LogP contribution >= 0.6 is 0 Å². The summed E-state index contributed by atoms with van der Waals surface area (Å²) in [4.78, 5) is 16.1. The second kappa shape index (κ2) is 5.82. The van der Waals surface area contributed by atoms with Gasteiger partial charge >= 0.3 is 0 Å². The molecule has 3 heterocycles. The van der Waals surface area contributed by atoms with Gasteiger partial charge in [-0.25, -0.2) is 4.98 Å². The number of hydrogen-bond acceptors (Lipinski definition) is 7. The Balaban J connectivity index is 1.83. The highest BCUT2D eigenvalue weighted by atomic mass is 16.5. The van der Waals surface area contributed by atoms with Crippen molar-refractivity contribution in [2.75, 3.05) is 44.0 Å². The Morgan fingerprint density at radius 2 is 2.33 bits per heavy atom. The van der Waals surface area contributed by atoms with Crippen molar-refractivity contribution in [3.63, 3.8) is 0 Å². The minimum atomic E-state index is -0.296. The van der Waals surface area contributed by atoms with E-state index in [4.69, 9.17) is 9.47 Å². The van der Waals surface area contributed by atoms with Gasteiger partial charge in [0.1, 0.15) is 11.1 Å². The van der Waals surface area contributed by atoms with E-state index in [-0.39, 0.29) is 5.60 Å². The summed E-state index contributed by atoms with van der Waals surface area (Å²) < 4.78 is 11.1. The van der Waals surface area contributed by atoms with E-state index in [0.717, 1.165) is 30.9 Å². The molecule has 0 amide bonds. The van der Waals surface area contributed by atoms with Crippen LogP contribution in [0.5, 0.6) is 0 Å². The highest BCUT2D eigenvalue weighted by Gasteiger charge is 2.35. The summed E-state index contributed by atoms with van der Waals surface area (Å²) in [5.41, 5.74) is 1.13. The van der Waals surface area contributed by atoms with E-state index in [2.05, 4.69) is 30.6 Å². The van der Waals surface area contributed by atoms with Gasteiger partial charge in [0.25, 0.3) is 0 Å². The van der Waals surface area contributed by atoms with Crippen molar-refractivity contribution in [3.05, 3.63) is 6.33 Å². The molecule has 0 spiro atoms. The number of nitrogens with zero attached hydrogens (tertiary/aromatic N) is 3. The van der Waals surface area contributed by atoms with Crippen LogP contribution in [0.2, 0.25) is 0 Å². The number of methoxy groups -OCH3 is 1. The van der Waals surface area contributed by atoms with Crippen molar-refractivity contribution in [3.8, 4) is 0 Å². The van der Waals surface area contributed by atoms with E-state index in [0.29, 0.717) is 24.7 Å². The van der Waals surface area contributed by atoms with Crippen molar-refractivity contribution >= 4 is 22.9 Å². The van der Waals surface area contributed by atoms with Gasteiger partial charge in [-0.15, -0.1) is 0 Å². The van der Waals surface area contributed by atoms with Gasteiger partial charge in [0.15, 0.2) is 11.5 Å². The summed E-state index contributed by atoms with van der Waals surface area (Å²) in [7, 11) is 1.71. The molecule has 8 nitrogen and oxygen atoms in total. The van der Waals surface area contributed by atoms with Crippen LogP contribution in [0.15, 0.2) is 6.33 Å². The lowest BCUT2D eigenvalue weighted by Gasteiger charge is -2.26. The second-order valence-corrected chi connectivity index (χ2v) is 5.07. The minimum Gasteiger partial charge on any atom is -0.378 e. The smallest absolute Gasteiger partial charge is 0.226 e. The van der Waals surface area contributed by atoms with Gasteiger partial charge in [0, 0.05) is 33.2 Å². The lowest BCUT2D eigenvalue weighted by atomic mass is 10.0. The number of fused-ring (bicyclic) bond motifs is 1. The maximum Gasteiger partial charge on any atom is 0.226 e. The molecule has 1 atom stereocenters. The first-order valence-corrected chi connectivity index (χ1v) is 7.08. The van der Waals surface area contributed by atoms with Crippen molar-refractivity contribution in [1.82, 2.24) is 19.9 Å². The molecule has 0 radical (unpaired) electrons. The van der Waals surface area contributed by atoms with Gasteiger partial charge in [-0.1, -0.05) is 0 Å². The van der Waals surface area contributed by atoms with Crippen molar-refractivity contribution < 1.29 is 9.47 Å². The van der Waals surface area contributed by atoms with Crippen LogP contribution in [-0.2, 0) is 9.47 Å². The Hall–Kier alpha value is -1.93. The number of H-pyrrole nitrogens is 1. The number of anilines is 2. The zero-order valence-corrected chi connectivity index (χ0v) is 12.3. The number of aromatic amines is 1. The molecule has 1 aliphatic rings. The molecule has 1 aliphatic heterocycles. The highest BCUT2D eigenvalue weighted by molar-refractivity contribution is 5.83. The predicted molar refractivity (Wildman–Crippen MR) is 79.5 cm³/mol. The van der Waals surface area contributed by atoms with Crippen LogP contribution in [0.3, 0.4) is 0 Å². The van der Waals surface area contributed by atoms with E-state index in [1.807, 2.05) is 6.92 Å². The van der Waals surface area contributed by atoms with Crippen molar-refractivity contribution in [2.24, 2.45) is 0 Å². The van der Waals surface area contributed by atoms with E-state index in [9.17, 15) is 0 Å². The van der Waals surface area contributed by atoms with Crippen LogP contribution in [0.4, 0.5) is 11.8 Å². The highest BCUT2D eigenvalue weighted by Crippen LogP contribution is 2.25. The maximum atomic E-state index is 5.62. The summed E-state index contributed by atoms with van der Waals surface area (Å²) in [6.07, 6.45) is 2.48. The number of nitrogens with one attached hydrogen (secondary N) is 3. The zero-order valence-electron chi connectivity index (χ0n) is 12.3. The molecule has 1 fully saturated rings. The molecule has 1 saturated heterocycles. The molecule has 2 aromatic rings. The van der Waals surface area contributed by atoms with Crippen LogP contribution in [-0.4, -0.2) is 59.0 Å².